The van der Waals surface area contributed by atoms with Gasteiger partial charge in [0.2, 0.25) is 0 Å². The third kappa shape index (κ3) is 2.80. The van der Waals surface area contributed by atoms with Crippen LogP contribution in [-0.2, 0) is 23.9 Å². The van der Waals surface area contributed by atoms with E-state index < -0.39 is 16.9 Å². The van der Waals surface area contributed by atoms with Crippen LogP contribution < -0.4 is 5.73 Å². The monoisotopic (exact) mass is 337 g/mol. The molecule has 3 N–H and O–H groups in total. The molecule has 0 saturated heterocycles. The van der Waals surface area contributed by atoms with Crippen molar-refractivity contribution in [3.8, 4) is 11.3 Å². The van der Waals surface area contributed by atoms with E-state index in [1.807, 2.05) is 0 Å². The van der Waals surface area contributed by atoms with Crippen molar-refractivity contribution in [2.45, 2.75) is 5.75 Å². The summed E-state index contributed by atoms with van der Waals surface area (Å²) in [6.07, 6.45) is 0. The van der Waals surface area contributed by atoms with Gasteiger partial charge in [-0.15, -0.1) is 0 Å². The standard InChI is InChI=1S/C11H10Cl2FN3O2S/c1-17-9(4-20(18)19)10(13)11(16-17)5-2-8(15)6(12)3-7(5)14/h2-3H,4,15H2,1H3,(H,18,19). The van der Waals surface area contributed by atoms with Gasteiger partial charge < -0.3 is 10.3 Å². The van der Waals surface area contributed by atoms with Gasteiger partial charge in [-0.05, 0) is 12.1 Å². The van der Waals surface area contributed by atoms with Crippen LogP contribution >= 0.6 is 23.2 Å². The first kappa shape index (κ1) is 15.2. The molecule has 0 fully saturated rings. The number of hydrogen-bond acceptors (Lipinski definition) is 3. The Hall–Kier alpha value is -1.15. The van der Waals surface area contributed by atoms with Crippen LogP contribution in [0.4, 0.5) is 10.1 Å². The Bertz CT molecular complexity index is 705. The van der Waals surface area contributed by atoms with Crippen molar-refractivity contribution in [2.24, 2.45) is 7.05 Å². The summed E-state index contributed by atoms with van der Waals surface area (Å²) in [6.45, 7) is 0. The lowest BCUT2D eigenvalue weighted by Crippen LogP contribution is -2.02. The van der Waals surface area contributed by atoms with Gasteiger partial charge >= 0.3 is 0 Å². The number of nitrogen functional groups attached to an aromatic ring is 1. The average molecular weight is 338 g/mol. The minimum atomic E-state index is -2.08. The molecule has 0 aliphatic carbocycles. The average Bonchev–Trinajstić information content (AvgIpc) is 2.61. The number of aromatic nitrogens is 2. The maximum atomic E-state index is 13.9. The molecular weight excluding hydrogens is 328 g/mol. The summed E-state index contributed by atoms with van der Waals surface area (Å²) in [5.41, 5.74) is 6.39. The highest BCUT2D eigenvalue weighted by molar-refractivity contribution is 7.78. The Kier molecular flexibility index (Phi) is 4.33. The van der Waals surface area contributed by atoms with Crippen LogP contribution in [0.3, 0.4) is 0 Å². The molecule has 0 amide bonds. The van der Waals surface area contributed by atoms with E-state index in [0.29, 0.717) is 5.69 Å². The van der Waals surface area contributed by atoms with Crippen LogP contribution in [0.2, 0.25) is 10.0 Å². The van der Waals surface area contributed by atoms with E-state index >= 15 is 0 Å². The minimum Gasteiger partial charge on any atom is -0.398 e. The molecule has 1 aromatic heterocycles. The summed E-state index contributed by atoms with van der Waals surface area (Å²) in [5, 5.41) is 4.27. The number of rotatable bonds is 3. The highest BCUT2D eigenvalue weighted by atomic mass is 35.5. The summed E-state index contributed by atoms with van der Waals surface area (Å²) in [6, 6.07) is 2.40. The Morgan fingerprint density at radius 1 is 1.50 bits per heavy atom. The van der Waals surface area contributed by atoms with Crippen molar-refractivity contribution in [3.63, 3.8) is 0 Å². The van der Waals surface area contributed by atoms with Crippen molar-refractivity contribution in [1.82, 2.24) is 9.78 Å². The van der Waals surface area contributed by atoms with Gasteiger partial charge in [0.15, 0.2) is 11.1 Å². The summed E-state index contributed by atoms with van der Waals surface area (Å²) in [7, 11) is 1.55. The number of anilines is 1. The lowest BCUT2D eigenvalue weighted by Gasteiger charge is -2.04. The highest BCUT2D eigenvalue weighted by Gasteiger charge is 2.20. The lowest BCUT2D eigenvalue weighted by molar-refractivity contribution is 0.560. The molecular formula is C11H10Cl2FN3O2S. The van der Waals surface area contributed by atoms with Gasteiger partial charge in [-0.1, -0.05) is 23.2 Å². The number of aryl methyl sites for hydroxylation is 1. The van der Waals surface area contributed by atoms with E-state index in [1.54, 1.807) is 7.05 Å². The zero-order chi connectivity index (χ0) is 15.0. The van der Waals surface area contributed by atoms with Gasteiger partial charge in [-0.2, -0.15) is 5.10 Å². The largest absolute Gasteiger partial charge is 0.398 e. The van der Waals surface area contributed by atoms with E-state index in [-0.39, 0.29) is 32.7 Å². The van der Waals surface area contributed by atoms with Crippen LogP contribution in [0.25, 0.3) is 11.3 Å². The first-order valence-corrected chi connectivity index (χ1v) is 7.38. The zero-order valence-electron chi connectivity index (χ0n) is 10.2. The van der Waals surface area contributed by atoms with Crippen molar-refractivity contribution in [3.05, 3.63) is 33.7 Å². The minimum absolute atomic E-state index is 0.0856. The van der Waals surface area contributed by atoms with Gasteiger partial charge in [0.25, 0.3) is 0 Å². The van der Waals surface area contributed by atoms with Crippen molar-refractivity contribution in [2.75, 3.05) is 5.73 Å². The Morgan fingerprint density at radius 3 is 2.75 bits per heavy atom. The van der Waals surface area contributed by atoms with E-state index in [0.717, 1.165) is 6.07 Å². The third-order valence-electron chi connectivity index (χ3n) is 2.70. The molecule has 1 heterocycles. The second-order valence-corrected chi connectivity index (χ2v) is 5.77. The first-order chi connectivity index (χ1) is 9.31. The van der Waals surface area contributed by atoms with E-state index in [4.69, 9.17) is 33.5 Å². The number of halogens is 3. The number of hydrogen-bond donors (Lipinski definition) is 2. The highest BCUT2D eigenvalue weighted by Crippen LogP contribution is 2.35. The number of nitrogens with two attached hydrogens (primary N) is 1. The maximum absolute atomic E-state index is 13.9. The smallest absolute Gasteiger partial charge is 0.159 e. The summed E-state index contributed by atoms with van der Waals surface area (Å²) < 4.78 is 35.1. The van der Waals surface area contributed by atoms with Crippen LogP contribution in [-0.4, -0.2) is 18.5 Å². The van der Waals surface area contributed by atoms with E-state index in [1.165, 1.54) is 10.7 Å². The molecule has 0 saturated carbocycles. The molecule has 1 unspecified atom stereocenters. The molecule has 0 aliphatic heterocycles. The fourth-order valence-corrected chi connectivity index (χ4v) is 2.85. The molecule has 20 heavy (non-hydrogen) atoms. The van der Waals surface area contributed by atoms with Gasteiger partial charge in [0.05, 0.1) is 27.2 Å². The summed E-state index contributed by atoms with van der Waals surface area (Å²) >= 11 is 9.75. The molecule has 5 nitrogen and oxygen atoms in total. The molecule has 1 atom stereocenters. The van der Waals surface area contributed by atoms with E-state index in [2.05, 4.69) is 5.10 Å². The lowest BCUT2D eigenvalue weighted by atomic mass is 10.1. The van der Waals surface area contributed by atoms with Crippen molar-refractivity contribution < 1.29 is 13.2 Å². The second kappa shape index (κ2) is 5.69. The van der Waals surface area contributed by atoms with Crippen LogP contribution in [0, 0.1) is 5.82 Å². The SMILES string of the molecule is Cn1nc(-c2cc(N)c(Cl)cc2F)c(Cl)c1CS(=O)O. The Morgan fingerprint density at radius 2 is 2.15 bits per heavy atom. The quantitative estimate of drug-likeness (QED) is 0.666. The van der Waals surface area contributed by atoms with Gasteiger partial charge in [0.1, 0.15) is 11.5 Å². The topological polar surface area (TPSA) is 81.1 Å². The fourth-order valence-electron chi connectivity index (χ4n) is 1.73. The van der Waals surface area contributed by atoms with Crippen molar-refractivity contribution >= 4 is 40.0 Å². The molecule has 1 aromatic carbocycles. The normalized spacial score (nSPS) is 12.7. The van der Waals surface area contributed by atoms with Crippen LogP contribution in [0.15, 0.2) is 12.1 Å². The molecule has 0 aliphatic rings. The predicted octanol–water partition coefficient (Wildman–Crippen LogP) is 2.84. The molecule has 0 bridgehead atoms. The predicted molar refractivity (Wildman–Crippen MR) is 77.5 cm³/mol. The fraction of sp³-hybridized carbons (Fsp3) is 0.182. The molecule has 108 valence electrons. The molecule has 2 rings (SSSR count). The third-order valence-corrected chi connectivity index (χ3v) is 3.95. The van der Waals surface area contributed by atoms with Gasteiger partial charge in [-0.25, -0.2) is 8.60 Å². The number of benzene rings is 1. The molecule has 0 radical (unpaired) electrons. The maximum Gasteiger partial charge on any atom is 0.159 e. The van der Waals surface area contributed by atoms with Gasteiger partial charge in [0, 0.05) is 12.6 Å². The van der Waals surface area contributed by atoms with E-state index in [9.17, 15) is 8.60 Å². The first-order valence-electron chi connectivity index (χ1n) is 5.35. The summed E-state index contributed by atoms with van der Waals surface area (Å²) in [4.78, 5) is 0. The number of nitrogens with zero attached hydrogens (tertiary/aromatic N) is 2. The van der Waals surface area contributed by atoms with Crippen LogP contribution in [0.5, 0.6) is 0 Å². The Labute approximate surface area is 126 Å². The summed E-state index contributed by atoms with van der Waals surface area (Å²) in [5.74, 6) is -0.826. The molecule has 0 spiro atoms. The van der Waals surface area contributed by atoms with Gasteiger partial charge in [-0.3, -0.25) is 4.68 Å². The zero-order valence-corrected chi connectivity index (χ0v) is 12.6. The second-order valence-electron chi connectivity index (χ2n) is 4.05. The Balaban J connectivity index is 2.60. The van der Waals surface area contributed by atoms with Crippen molar-refractivity contribution in [1.29, 1.82) is 0 Å². The molecule has 9 heteroatoms. The van der Waals surface area contributed by atoms with Crippen LogP contribution in [0.1, 0.15) is 5.69 Å². The molecule has 2 aromatic rings.